The molecule has 2 unspecified atom stereocenters. The third kappa shape index (κ3) is 3.52. The van der Waals surface area contributed by atoms with Crippen LogP contribution in [-0.4, -0.2) is 23.5 Å². The Kier molecular flexibility index (Phi) is 5.61. The molecule has 3 N–H and O–H groups in total. The molecule has 1 aromatic heterocycles. The van der Waals surface area contributed by atoms with Gasteiger partial charge in [0.05, 0.1) is 11.7 Å². The van der Waals surface area contributed by atoms with E-state index in [0.717, 1.165) is 25.1 Å². The molecule has 0 amide bonds. The van der Waals surface area contributed by atoms with E-state index in [-0.39, 0.29) is 6.04 Å². The molecular formula is C12H24N4O. The van der Waals surface area contributed by atoms with Crippen LogP contribution >= 0.6 is 0 Å². The van der Waals surface area contributed by atoms with Gasteiger partial charge in [0.25, 0.3) is 0 Å². The van der Waals surface area contributed by atoms with Crippen molar-refractivity contribution in [1.82, 2.24) is 15.2 Å². The summed E-state index contributed by atoms with van der Waals surface area (Å²) < 4.78 is 6.96. The van der Waals surface area contributed by atoms with Crippen molar-refractivity contribution in [2.75, 3.05) is 13.7 Å². The smallest absolute Gasteiger partial charge is 0.0670 e. The summed E-state index contributed by atoms with van der Waals surface area (Å²) in [7, 11) is 3.66. The van der Waals surface area contributed by atoms with Gasteiger partial charge in [0.2, 0.25) is 0 Å². The van der Waals surface area contributed by atoms with E-state index >= 15 is 0 Å². The van der Waals surface area contributed by atoms with Crippen LogP contribution in [0.1, 0.15) is 37.6 Å². The first-order valence-corrected chi connectivity index (χ1v) is 6.11. The lowest BCUT2D eigenvalue weighted by atomic mass is 9.92. The molecule has 98 valence electrons. The summed E-state index contributed by atoms with van der Waals surface area (Å²) in [6.45, 7) is 5.04. The topological polar surface area (TPSA) is 65.1 Å². The van der Waals surface area contributed by atoms with Gasteiger partial charge in [-0.1, -0.05) is 13.8 Å². The van der Waals surface area contributed by atoms with Crippen molar-refractivity contribution in [2.45, 2.75) is 32.7 Å². The number of aryl methyl sites for hydroxylation is 2. The van der Waals surface area contributed by atoms with Crippen molar-refractivity contribution in [3.05, 3.63) is 17.5 Å². The summed E-state index contributed by atoms with van der Waals surface area (Å²) in [4.78, 5) is 0. The molecule has 0 radical (unpaired) electrons. The highest BCUT2D eigenvalue weighted by Crippen LogP contribution is 2.26. The molecule has 1 heterocycles. The van der Waals surface area contributed by atoms with Gasteiger partial charge in [-0.25, -0.2) is 0 Å². The fourth-order valence-corrected chi connectivity index (χ4v) is 2.12. The molecule has 0 aliphatic heterocycles. The first-order chi connectivity index (χ1) is 8.13. The predicted octanol–water partition coefficient (Wildman–Crippen LogP) is 1.16. The summed E-state index contributed by atoms with van der Waals surface area (Å²) in [5.74, 6) is 6.09. The fourth-order valence-electron chi connectivity index (χ4n) is 2.12. The van der Waals surface area contributed by atoms with Crippen molar-refractivity contribution < 1.29 is 4.74 Å². The number of ether oxygens (including phenoxy) is 1. The third-order valence-corrected chi connectivity index (χ3v) is 3.13. The summed E-state index contributed by atoms with van der Waals surface area (Å²) in [6, 6.07) is 0.133. The van der Waals surface area contributed by atoms with E-state index < -0.39 is 0 Å². The second-order valence-corrected chi connectivity index (χ2v) is 4.46. The number of methoxy groups -OCH3 is 1. The Morgan fingerprint density at radius 2 is 2.29 bits per heavy atom. The van der Waals surface area contributed by atoms with Gasteiger partial charge in [0.15, 0.2) is 0 Å². The highest BCUT2D eigenvalue weighted by molar-refractivity contribution is 5.22. The average molecular weight is 240 g/mol. The van der Waals surface area contributed by atoms with Crippen LogP contribution in [0.4, 0.5) is 0 Å². The molecule has 0 bridgehead atoms. The zero-order valence-electron chi connectivity index (χ0n) is 11.2. The first kappa shape index (κ1) is 14.2. The van der Waals surface area contributed by atoms with E-state index in [1.165, 1.54) is 5.56 Å². The fraction of sp³-hybridized carbons (Fsp3) is 0.750. The van der Waals surface area contributed by atoms with Crippen LogP contribution in [0.5, 0.6) is 0 Å². The minimum atomic E-state index is 0.133. The van der Waals surface area contributed by atoms with E-state index in [1.54, 1.807) is 7.11 Å². The van der Waals surface area contributed by atoms with E-state index in [4.69, 9.17) is 10.6 Å². The molecule has 0 fully saturated rings. The number of hydrogen-bond donors (Lipinski definition) is 2. The maximum atomic E-state index is 5.68. The van der Waals surface area contributed by atoms with Gasteiger partial charge in [-0.05, 0) is 18.8 Å². The molecule has 5 heteroatoms. The molecule has 0 aromatic carbocycles. The van der Waals surface area contributed by atoms with Gasteiger partial charge < -0.3 is 4.74 Å². The number of nitrogens with two attached hydrogens (primary N) is 1. The largest absolute Gasteiger partial charge is 0.385 e. The summed E-state index contributed by atoms with van der Waals surface area (Å²) in [6.07, 6.45) is 3.95. The monoisotopic (exact) mass is 240 g/mol. The summed E-state index contributed by atoms with van der Waals surface area (Å²) in [5.41, 5.74) is 5.21. The molecule has 5 nitrogen and oxygen atoms in total. The lowest BCUT2D eigenvalue weighted by Crippen LogP contribution is -2.33. The minimum absolute atomic E-state index is 0.133. The van der Waals surface area contributed by atoms with Crippen LogP contribution in [0.3, 0.4) is 0 Å². The van der Waals surface area contributed by atoms with Gasteiger partial charge >= 0.3 is 0 Å². The van der Waals surface area contributed by atoms with Crippen LogP contribution in [0.25, 0.3) is 0 Å². The quantitative estimate of drug-likeness (QED) is 0.554. The Balaban J connectivity index is 2.84. The zero-order valence-corrected chi connectivity index (χ0v) is 11.2. The molecule has 1 aromatic rings. The van der Waals surface area contributed by atoms with E-state index in [9.17, 15) is 0 Å². The van der Waals surface area contributed by atoms with Gasteiger partial charge in [0, 0.05) is 32.5 Å². The lowest BCUT2D eigenvalue weighted by Gasteiger charge is -2.23. The Morgan fingerprint density at radius 1 is 1.59 bits per heavy atom. The van der Waals surface area contributed by atoms with E-state index in [0.29, 0.717) is 5.92 Å². The van der Waals surface area contributed by atoms with Crippen LogP contribution in [0.2, 0.25) is 0 Å². The molecule has 0 aliphatic rings. The number of hydrogen-bond acceptors (Lipinski definition) is 4. The first-order valence-electron chi connectivity index (χ1n) is 6.11. The van der Waals surface area contributed by atoms with Crippen molar-refractivity contribution >= 4 is 0 Å². The van der Waals surface area contributed by atoms with Crippen LogP contribution in [0, 0.1) is 5.92 Å². The summed E-state index contributed by atoms with van der Waals surface area (Å²) >= 11 is 0. The second-order valence-electron chi connectivity index (χ2n) is 4.46. The second kappa shape index (κ2) is 6.74. The highest BCUT2D eigenvalue weighted by atomic mass is 16.5. The molecule has 1 rings (SSSR count). The Morgan fingerprint density at radius 3 is 2.82 bits per heavy atom. The number of aromatic nitrogens is 2. The molecular weight excluding hydrogens is 216 g/mol. The van der Waals surface area contributed by atoms with Crippen LogP contribution in [-0.2, 0) is 18.2 Å². The Labute approximate surface area is 103 Å². The van der Waals surface area contributed by atoms with Crippen molar-refractivity contribution in [2.24, 2.45) is 18.8 Å². The van der Waals surface area contributed by atoms with Gasteiger partial charge in [0.1, 0.15) is 0 Å². The zero-order chi connectivity index (χ0) is 12.8. The molecule has 0 saturated heterocycles. The van der Waals surface area contributed by atoms with Crippen LogP contribution in [0.15, 0.2) is 6.20 Å². The van der Waals surface area contributed by atoms with Gasteiger partial charge in [-0.15, -0.1) is 0 Å². The maximum absolute atomic E-state index is 5.68. The molecule has 0 spiro atoms. The van der Waals surface area contributed by atoms with Crippen molar-refractivity contribution in [3.8, 4) is 0 Å². The van der Waals surface area contributed by atoms with E-state index in [2.05, 4.69) is 24.4 Å². The number of nitrogens with one attached hydrogen (secondary N) is 1. The number of hydrazine groups is 1. The lowest BCUT2D eigenvalue weighted by molar-refractivity contribution is 0.170. The Hall–Kier alpha value is -0.910. The molecule has 17 heavy (non-hydrogen) atoms. The normalized spacial score (nSPS) is 14.9. The Bertz CT molecular complexity index is 337. The molecule has 2 atom stereocenters. The van der Waals surface area contributed by atoms with Gasteiger partial charge in [-0.3, -0.25) is 16.0 Å². The van der Waals surface area contributed by atoms with E-state index in [1.807, 2.05) is 17.9 Å². The average Bonchev–Trinajstić information content (AvgIpc) is 2.68. The minimum Gasteiger partial charge on any atom is -0.385 e. The standard InChI is InChI=1S/C12H24N4O/c1-5-11-10(8-16(3)15-11)12(14-13)9(2)6-7-17-4/h8-9,12,14H,5-7,13H2,1-4H3. The third-order valence-electron chi connectivity index (χ3n) is 3.13. The molecule has 0 saturated carbocycles. The van der Waals surface area contributed by atoms with Gasteiger partial charge in [-0.2, -0.15) is 5.10 Å². The predicted molar refractivity (Wildman–Crippen MR) is 68.3 cm³/mol. The van der Waals surface area contributed by atoms with Crippen LogP contribution < -0.4 is 11.3 Å². The number of nitrogens with zero attached hydrogens (tertiary/aromatic N) is 2. The highest BCUT2D eigenvalue weighted by Gasteiger charge is 2.22. The summed E-state index contributed by atoms with van der Waals surface area (Å²) in [5, 5.41) is 4.45. The number of rotatable bonds is 7. The molecule has 0 aliphatic carbocycles. The van der Waals surface area contributed by atoms with Crippen molar-refractivity contribution in [3.63, 3.8) is 0 Å². The SMILES string of the molecule is CCc1nn(C)cc1C(NN)C(C)CCOC. The maximum Gasteiger partial charge on any atom is 0.0670 e. The van der Waals surface area contributed by atoms with Crippen molar-refractivity contribution in [1.29, 1.82) is 0 Å².